The normalized spacial score (nSPS) is 4.71. The van der Waals surface area contributed by atoms with Crippen LogP contribution in [0.25, 0.3) is 0 Å². The van der Waals surface area contributed by atoms with Crippen LogP contribution in [0.1, 0.15) is 0 Å². The quantitative estimate of drug-likeness (QED) is 0.272. The summed E-state index contributed by atoms with van der Waals surface area (Å²) < 4.78 is 0. The summed E-state index contributed by atoms with van der Waals surface area (Å²) in [6, 6.07) is 0. The van der Waals surface area contributed by atoms with Crippen molar-refractivity contribution in [1.82, 2.24) is 0 Å². The van der Waals surface area contributed by atoms with Gasteiger partial charge in [0.15, 0.2) is 0 Å². The molecule has 6 heteroatoms. The third-order valence-corrected chi connectivity index (χ3v) is 0.0713. The van der Waals surface area contributed by atoms with Crippen LogP contribution in [0.4, 0.5) is 4.79 Å². The molecule has 0 atom stereocenters. The Kier molecular flexibility index (Phi) is 21.9. The summed E-state index contributed by atoms with van der Waals surface area (Å²) in [5.41, 5.74) is 0. The fraction of sp³-hybridized carbons (Fsp3) is 0. The van der Waals surface area contributed by atoms with E-state index in [1.165, 1.54) is 0 Å². The van der Waals surface area contributed by atoms with E-state index in [2.05, 4.69) is 4.89 Å². The van der Waals surface area contributed by atoms with Gasteiger partial charge in [-0.25, -0.2) is 4.79 Å². The maximum atomic E-state index is 8.83. The van der Waals surface area contributed by atoms with Gasteiger partial charge in [-0.05, 0) is 0 Å². The first-order chi connectivity index (χ1) is 2.27. The number of rotatable bonds is 0. The van der Waals surface area contributed by atoms with Crippen LogP contribution < -0.4 is 5.26 Å². The summed E-state index contributed by atoms with van der Waals surface area (Å²) in [7, 11) is 0. The minimum atomic E-state index is -1.80. The maximum absolute atomic E-state index is 8.83. The van der Waals surface area contributed by atoms with Gasteiger partial charge in [-0.1, -0.05) is 0 Å². The van der Waals surface area contributed by atoms with Crippen LogP contribution in [-0.4, -0.2) is 34.3 Å². The van der Waals surface area contributed by atoms with Crippen LogP contribution in [0.15, 0.2) is 0 Å². The van der Waals surface area contributed by atoms with E-state index in [1.54, 1.807) is 0 Å². The molecular weight excluding hydrogens is 166 g/mol. The van der Waals surface area contributed by atoms with Crippen molar-refractivity contribution in [2.45, 2.75) is 0 Å². The van der Waals surface area contributed by atoms with Crippen LogP contribution >= 0.6 is 0 Å². The van der Waals surface area contributed by atoms with Gasteiger partial charge in [0.2, 0.25) is 0 Å². The molecule has 0 saturated heterocycles. The third kappa shape index (κ3) is 20.6. The first-order valence-corrected chi connectivity index (χ1v) is 0.799. The Morgan fingerprint density at radius 3 is 1.86 bits per heavy atom. The molecule has 0 aliphatic heterocycles. The predicted octanol–water partition coefficient (Wildman–Crippen LogP) is -1.43. The topological polar surface area (TPSA) is 69.6 Å². The predicted molar refractivity (Wildman–Crippen MR) is 14.9 cm³/mol. The molecule has 0 heterocycles. The van der Waals surface area contributed by atoms with Gasteiger partial charge in [-0.3, -0.25) is 0 Å². The fourth-order valence-electron chi connectivity index (χ4n) is 0. The minimum Gasteiger partial charge on any atom is -0.659 e. The Morgan fingerprint density at radius 1 is 1.71 bits per heavy atom. The smallest absolute Gasteiger partial charge is 0.659 e. The van der Waals surface area contributed by atoms with E-state index >= 15 is 0 Å². The molecule has 0 bridgehead atoms. The van der Waals surface area contributed by atoms with Crippen LogP contribution in [-0.2, 0) is 24.4 Å². The number of carboxylic acid groups (broad SMARTS) is 1. The zero-order chi connectivity index (χ0) is 4.28. The van der Waals surface area contributed by atoms with E-state index < -0.39 is 6.16 Å². The van der Waals surface area contributed by atoms with E-state index in [-0.39, 0.29) is 42.5 Å². The molecule has 1 N–H and O–H groups in total. The zero-order valence-electron chi connectivity index (χ0n) is 3.59. The van der Waals surface area contributed by atoms with Crippen LogP contribution in [0, 0.1) is 0 Å². The van der Waals surface area contributed by atoms with E-state index in [9.17, 15) is 0 Å². The summed E-state index contributed by atoms with van der Waals surface area (Å²) in [5.74, 6) is 0. The second-order valence-corrected chi connectivity index (χ2v) is 0.349. The van der Waals surface area contributed by atoms with Crippen molar-refractivity contribution in [2.75, 3.05) is 0 Å². The zero-order valence-corrected chi connectivity index (χ0v) is 7.97. The standard InChI is InChI=1S/CH2O4.Mg.Zn/c2-1(3)5-4;;/h4H,(H,2,3);;/q;2*+2/p-1. The fourth-order valence-corrected chi connectivity index (χ4v) is 0. The molecular formula is CHMgO4Zn+3. The molecule has 0 radical (unpaired) electrons. The van der Waals surface area contributed by atoms with Gasteiger partial charge in [-0.2, -0.15) is 0 Å². The molecule has 0 rings (SSSR count). The number of hydrogen-bond acceptors (Lipinski definition) is 3. The number of carbonyl (C=O) groups is 1. The van der Waals surface area contributed by atoms with E-state index in [0.717, 1.165) is 0 Å². The van der Waals surface area contributed by atoms with Crippen LogP contribution in [0.3, 0.4) is 0 Å². The molecule has 0 aromatic carbocycles. The monoisotopic (exact) mass is 165 g/mol. The van der Waals surface area contributed by atoms with Crippen molar-refractivity contribution in [3.8, 4) is 0 Å². The first kappa shape index (κ1) is 15.6. The molecule has 0 fully saturated rings. The SMILES string of the molecule is O=C(O)O[O-].[Mg+2].[Zn+2]. The summed E-state index contributed by atoms with van der Waals surface area (Å²) in [5, 5.41) is 15.7. The van der Waals surface area contributed by atoms with Crippen molar-refractivity contribution in [3.63, 3.8) is 0 Å². The number of hydrogen-bond donors (Lipinski definition) is 1. The largest absolute Gasteiger partial charge is 2.00 e. The molecule has 4 nitrogen and oxygen atoms in total. The Morgan fingerprint density at radius 2 is 1.86 bits per heavy atom. The van der Waals surface area contributed by atoms with Crippen LogP contribution in [0.5, 0.6) is 0 Å². The average molecular weight is 167 g/mol. The van der Waals surface area contributed by atoms with Gasteiger partial charge < -0.3 is 15.3 Å². The molecule has 0 spiro atoms. The van der Waals surface area contributed by atoms with Crippen molar-refractivity contribution in [3.05, 3.63) is 0 Å². The maximum Gasteiger partial charge on any atom is 2.00 e. The molecule has 30 valence electrons. The van der Waals surface area contributed by atoms with Gasteiger partial charge >= 0.3 is 48.7 Å². The Bertz CT molecular complexity index is 47.0. The molecule has 0 unspecified atom stereocenters. The van der Waals surface area contributed by atoms with E-state index in [4.69, 9.17) is 15.2 Å². The molecule has 0 aliphatic rings. The summed E-state index contributed by atoms with van der Waals surface area (Å²) in [4.78, 5) is 11.2. The van der Waals surface area contributed by atoms with E-state index in [1.807, 2.05) is 0 Å². The van der Waals surface area contributed by atoms with Gasteiger partial charge in [0.1, 0.15) is 0 Å². The van der Waals surface area contributed by atoms with Crippen molar-refractivity contribution in [1.29, 1.82) is 0 Å². The molecule has 0 amide bonds. The molecule has 0 aromatic heterocycles. The molecule has 0 aliphatic carbocycles. The summed E-state index contributed by atoms with van der Waals surface area (Å²) in [6.07, 6.45) is -1.80. The Labute approximate surface area is 68.7 Å². The van der Waals surface area contributed by atoms with Crippen molar-refractivity contribution < 1.29 is 39.5 Å². The minimum absolute atomic E-state index is 0. The van der Waals surface area contributed by atoms with Gasteiger partial charge in [0.05, 0.1) is 0 Å². The second kappa shape index (κ2) is 9.80. The van der Waals surface area contributed by atoms with Crippen LogP contribution in [0.2, 0.25) is 0 Å². The first-order valence-electron chi connectivity index (χ1n) is 0.799. The van der Waals surface area contributed by atoms with E-state index in [0.29, 0.717) is 0 Å². The average Bonchev–Trinajstić information content (AvgIpc) is 1.38. The van der Waals surface area contributed by atoms with Gasteiger partial charge in [-0.15, -0.1) is 0 Å². The van der Waals surface area contributed by atoms with Crippen molar-refractivity contribution in [2.24, 2.45) is 0 Å². The molecule has 0 saturated carbocycles. The molecule has 7 heavy (non-hydrogen) atoms. The van der Waals surface area contributed by atoms with Gasteiger partial charge in [0, 0.05) is 0 Å². The Hall–Kier alpha value is 0.620. The second-order valence-electron chi connectivity index (χ2n) is 0.349. The molecule has 0 aromatic rings. The summed E-state index contributed by atoms with van der Waals surface area (Å²) >= 11 is 0. The van der Waals surface area contributed by atoms with Gasteiger partial charge in [0.25, 0.3) is 0 Å². The third-order valence-electron chi connectivity index (χ3n) is 0.0713. The summed E-state index contributed by atoms with van der Waals surface area (Å²) in [6.45, 7) is 0. The Balaban J connectivity index is -0.0000000800. The van der Waals surface area contributed by atoms with Crippen molar-refractivity contribution >= 4 is 29.2 Å².